The number of rotatable bonds is 4. The third-order valence-electron chi connectivity index (χ3n) is 3.35. The third kappa shape index (κ3) is 2.86. The lowest BCUT2D eigenvalue weighted by atomic mass is 10.1. The molecule has 0 aromatic heterocycles. The van der Waals surface area contributed by atoms with Crippen LogP contribution in [0, 0.1) is 6.92 Å². The van der Waals surface area contributed by atoms with Gasteiger partial charge in [0.2, 0.25) is 0 Å². The highest BCUT2D eigenvalue weighted by atomic mass is 16.4. The number of aryl methyl sites for hydroxylation is 1. The fourth-order valence-corrected chi connectivity index (χ4v) is 2.43. The highest BCUT2D eigenvalue weighted by molar-refractivity contribution is 5.95. The van der Waals surface area contributed by atoms with Crippen molar-refractivity contribution in [3.05, 3.63) is 29.8 Å². The largest absolute Gasteiger partial charge is 0.481 e. The second-order valence-electron chi connectivity index (χ2n) is 4.96. The lowest BCUT2D eigenvalue weighted by Gasteiger charge is -2.23. The molecular weight excluding hydrogens is 244 g/mol. The minimum atomic E-state index is -0.828. The van der Waals surface area contributed by atoms with Crippen LogP contribution >= 0.6 is 0 Å². The third-order valence-corrected chi connectivity index (χ3v) is 3.35. The van der Waals surface area contributed by atoms with Crippen molar-refractivity contribution in [1.29, 1.82) is 0 Å². The predicted molar refractivity (Wildman–Crippen MR) is 72.3 cm³/mol. The summed E-state index contributed by atoms with van der Waals surface area (Å²) in [6, 6.07) is 7.57. The van der Waals surface area contributed by atoms with Crippen LogP contribution in [0.15, 0.2) is 24.3 Å². The quantitative estimate of drug-likeness (QED) is 0.904. The average Bonchev–Trinajstić information content (AvgIpc) is 2.63. The van der Waals surface area contributed by atoms with Crippen LogP contribution in [0.1, 0.15) is 18.4 Å². The van der Waals surface area contributed by atoms with Gasteiger partial charge in [0.05, 0.1) is 6.04 Å². The van der Waals surface area contributed by atoms with Crippen molar-refractivity contribution in [2.24, 2.45) is 0 Å². The van der Waals surface area contributed by atoms with Gasteiger partial charge in [-0.3, -0.25) is 9.69 Å². The fourth-order valence-electron chi connectivity index (χ4n) is 2.43. The van der Waals surface area contributed by atoms with Crippen molar-refractivity contribution in [3.8, 4) is 0 Å². The Labute approximate surface area is 112 Å². The molecule has 5 heteroatoms. The van der Waals surface area contributed by atoms with Gasteiger partial charge >= 0.3 is 12.0 Å². The Kier molecular flexibility index (Phi) is 3.74. The first-order chi connectivity index (χ1) is 8.99. The molecule has 1 heterocycles. The van der Waals surface area contributed by atoms with E-state index in [4.69, 9.17) is 5.11 Å². The van der Waals surface area contributed by atoms with Crippen molar-refractivity contribution >= 4 is 17.7 Å². The van der Waals surface area contributed by atoms with Crippen molar-refractivity contribution < 1.29 is 14.7 Å². The number of hydrogen-bond donors (Lipinski definition) is 1. The molecule has 2 rings (SSSR count). The summed E-state index contributed by atoms with van der Waals surface area (Å²) in [6.45, 7) is 2.54. The highest BCUT2D eigenvalue weighted by Gasteiger charge is 2.36. The van der Waals surface area contributed by atoms with Gasteiger partial charge in [0, 0.05) is 25.7 Å². The summed E-state index contributed by atoms with van der Waals surface area (Å²) in [5.74, 6) is -0.828. The molecule has 0 bridgehead atoms. The van der Waals surface area contributed by atoms with Gasteiger partial charge in [0.15, 0.2) is 0 Å². The average molecular weight is 262 g/mol. The molecule has 1 aromatic rings. The van der Waals surface area contributed by atoms with E-state index < -0.39 is 5.97 Å². The van der Waals surface area contributed by atoms with Crippen LogP contribution in [-0.4, -0.2) is 41.6 Å². The van der Waals surface area contributed by atoms with Crippen molar-refractivity contribution in [1.82, 2.24) is 4.90 Å². The zero-order chi connectivity index (χ0) is 14.0. The van der Waals surface area contributed by atoms with Gasteiger partial charge in [0.25, 0.3) is 0 Å². The summed E-state index contributed by atoms with van der Waals surface area (Å²) in [6.07, 6.45) is 0.549. The Bertz CT molecular complexity index is 501. The van der Waals surface area contributed by atoms with Crippen LogP contribution in [-0.2, 0) is 4.79 Å². The topological polar surface area (TPSA) is 60.9 Å². The Morgan fingerprint density at radius 1 is 1.47 bits per heavy atom. The van der Waals surface area contributed by atoms with Crippen molar-refractivity contribution in [2.75, 3.05) is 18.5 Å². The van der Waals surface area contributed by atoms with Gasteiger partial charge in [-0.15, -0.1) is 0 Å². The maximum absolute atomic E-state index is 12.2. The number of benzene rings is 1. The van der Waals surface area contributed by atoms with Crippen molar-refractivity contribution in [3.63, 3.8) is 0 Å². The monoisotopic (exact) mass is 262 g/mol. The number of urea groups is 1. The summed E-state index contributed by atoms with van der Waals surface area (Å²) in [5, 5.41) is 8.79. The van der Waals surface area contributed by atoms with Gasteiger partial charge < -0.3 is 10.0 Å². The molecule has 0 radical (unpaired) electrons. The molecule has 0 aliphatic carbocycles. The predicted octanol–water partition coefficient (Wildman–Crippen LogP) is 2.10. The first kappa shape index (κ1) is 13.4. The Morgan fingerprint density at radius 3 is 2.84 bits per heavy atom. The second kappa shape index (κ2) is 5.30. The normalized spacial score (nSPS) is 19.1. The summed E-state index contributed by atoms with van der Waals surface area (Å²) < 4.78 is 0. The van der Waals surface area contributed by atoms with Gasteiger partial charge in [-0.25, -0.2) is 4.79 Å². The lowest BCUT2D eigenvalue weighted by molar-refractivity contribution is -0.137. The van der Waals surface area contributed by atoms with E-state index >= 15 is 0 Å². The van der Waals surface area contributed by atoms with E-state index in [1.165, 1.54) is 0 Å². The minimum Gasteiger partial charge on any atom is -0.481 e. The molecule has 19 heavy (non-hydrogen) atoms. The molecule has 1 unspecified atom stereocenters. The maximum Gasteiger partial charge on any atom is 0.324 e. The standard InChI is InChI=1S/C14H18N2O3/c1-10-4-3-5-11(8-10)16-12(6-7-13(17)18)9-15(2)14(16)19/h3-5,8,12H,6-7,9H2,1-2H3,(H,17,18). The molecule has 1 N–H and O–H groups in total. The molecule has 0 spiro atoms. The Balaban J connectivity index is 2.23. The zero-order valence-electron chi connectivity index (χ0n) is 11.2. The van der Waals surface area contributed by atoms with Crippen LogP contribution in [0.4, 0.5) is 10.5 Å². The van der Waals surface area contributed by atoms with Crippen LogP contribution in [0.3, 0.4) is 0 Å². The van der Waals surface area contributed by atoms with E-state index in [0.717, 1.165) is 11.3 Å². The van der Waals surface area contributed by atoms with Crippen LogP contribution in [0.5, 0.6) is 0 Å². The van der Waals surface area contributed by atoms with E-state index in [9.17, 15) is 9.59 Å². The first-order valence-electron chi connectivity index (χ1n) is 6.32. The highest BCUT2D eigenvalue weighted by Crippen LogP contribution is 2.27. The van der Waals surface area contributed by atoms with Crippen LogP contribution in [0.25, 0.3) is 0 Å². The molecule has 1 aromatic carbocycles. The van der Waals surface area contributed by atoms with Crippen LogP contribution < -0.4 is 4.90 Å². The van der Waals surface area contributed by atoms with Crippen molar-refractivity contribution in [2.45, 2.75) is 25.8 Å². The molecule has 1 aliphatic rings. The van der Waals surface area contributed by atoms with E-state index in [-0.39, 0.29) is 18.5 Å². The number of anilines is 1. The summed E-state index contributed by atoms with van der Waals surface area (Å²) in [4.78, 5) is 26.2. The van der Waals surface area contributed by atoms with E-state index in [1.54, 1.807) is 16.8 Å². The molecule has 1 atom stereocenters. The summed E-state index contributed by atoms with van der Waals surface area (Å²) in [5.41, 5.74) is 1.92. The number of carbonyl (C=O) groups excluding carboxylic acids is 1. The van der Waals surface area contributed by atoms with Crippen LogP contribution in [0.2, 0.25) is 0 Å². The molecule has 1 fully saturated rings. The molecular formula is C14H18N2O3. The first-order valence-corrected chi connectivity index (χ1v) is 6.32. The molecule has 1 saturated heterocycles. The number of carbonyl (C=O) groups is 2. The van der Waals surface area contributed by atoms with E-state index in [0.29, 0.717) is 13.0 Å². The SMILES string of the molecule is Cc1cccc(N2C(=O)N(C)CC2CCC(=O)O)c1. The minimum absolute atomic E-state index is 0.0685. The molecule has 102 valence electrons. The smallest absolute Gasteiger partial charge is 0.324 e. The summed E-state index contributed by atoms with van der Waals surface area (Å²) in [7, 11) is 1.74. The maximum atomic E-state index is 12.2. The van der Waals surface area contributed by atoms with Gasteiger partial charge in [-0.2, -0.15) is 0 Å². The molecule has 5 nitrogen and oxygen atoms in total. The lowest BCUT2D eigenvalue weighted by Crippen LogP contribution is -2.34. The molecule has 2 amide bonds. The Morgan fingerprint density at radius 2 is 2.21 bits per heavy atom. The van der Waals surface area contributed by atoms with Gasteiger partial charge in [0.1, 0.15) is 0 Å². The Hall–Kier alpha value is -2.04. The van der Waals surface area contributed by atoms with E-state index in [2.05, 4.69) is 0 Å². The zero-order valence-corrected chi connectivity index (χ0v) is 11.2. The summed E-state index contributed by atoms with van der Waals surface area (Å²) >= 11 is 0. The number of aliphatic carboxylic acids is 1. The molecule has 1 aliphatic heterocycles. The number of carboxylic acids is 1. The second-order valence-corrected chi connectivity index (χ2v) is 4.96. The number of likely N-dealkylation sites (N-methyl/N-ethyl adjacent to an activating group) is 1. The number of amides is 2. The number of hydrogen-bond acceptors (Lipinski definition) is 2. The van der Waals surface area contributed by atoms with E-state index in [1.807, 2.05) is 31.2 Å². The number of carboxylic acid groups (broad SMARTS) is 1. The molecule has 0 saturated carbocycles. The van der Waals surface area contributed by atoms with Gasteiger partial charge in [-0.05, 0) is 31.0 Å². The fraction of sp³-hybridized carbons (Fsp3) is 0.429. The number of nitrogens with zero attached hydrogens (tertiary/aromatic N) is 2. The van der Waals surface area contributed by atoms with Gasteiger partial charge in [-0.1, -0.05) is 12.1 Å².